The first kappa shape index (κ1) is 15.5. The van der Waals surface area contributed by atoms with Crippen molar-refractivity contribution in [3.8, 4) is 0 Å². The summed E-state index contributed by atoms with van der Waals surface area (Å²) in [4.78, 5) is 0. The molecule has 1 heterocycles. The standard InChI is InChI=1S/C16H29N3O/c1-4-15-14(9-10-17)16(5-2)19(18-15)12-7-6-8-13(11-12)20-3/h12-13H,4-11,17H2,1-3H3. The van der Waals surface area contributed by atoms with Crippen LogP contribution in [0.1, 0.15) is 62.5 Å². The van der Waals surface area contributed by atoms with E-state index in [-0.39, 0.29) is 0 Å². The highest BCUT2D eigenvalue weighted by molar-refractivity contribution is 5.28. The van der Waals surface area contributed by atoms with Crippen LogP contribution in [0.2, 0.25) is 0 Å². The molecule has 2 atom stereocenters. The van der Waals surface area contributed by atoms with Gasteiger partial charge in [0, 0.05) is 12.8 Å². The SMILES string of the molecule is CCc1nn(C2CCCC(OC)C2)c(CC)c1CCN. The van der Waals surface area contributed by atoms with Gasteiger partial charge in [-0.25, -0.2) is 0 Å². The number of rotatable bonds is 6. The largest absolute Gasteiger partial charge is 0.381 e. The molecular formula is C16H29N3O. The van der Waals surface area contributed by atoms with Gasteiger partial charge in [0.15, 0.2) is 0 Å². The van der Waals surface area contributed by atoms with Crippen molar-refractivity contribution in [1.82, 2.24) is 9.78 Å². The Morgan fingerprint density at radius 2 is 2.10 bits per heavy atom. The Hall–Kier alpha value is -0.870. The van der Waals surface area contributed by atoms with E-state index in [9.17, 15) is 0 Å². The molecule has 1 aromatic rings. The summed E-state index contributed by atoms with van der Waals surface area (Å²) in [6, 6.07) is 0.500. The van der Waals surface area contributed by atoms with Crippen LogP contribution in [0.25, 0.3) is 0 Å². The van der Waals surface area contributed by atoms with Gasteiger partial charge in [0.2, 0.25) is 0 Å². The van der Waals surface area contributed by atoms with Gasteiger partial charge in [-0.15, -0.1) is 0 Å². The zero-order chi connectivity index (χ0) is 14.5. The lowest BCUT2D eigenvalue weighted by Crippen LogP contribution is -2.26. The summed E-state index contributed by atoms with van der Waals surface area (Å²) in [5, 5.41) is 4.92. The fraction of sp³-hybridized carbons (Fsp3) is 0.812. The van der Waals surface area contributed by atoms with Crippen molar-refractivity contribution in [3.63, 3.8) is 0 Å². The van der Waals surface area contributed by atoms with Crippen molar-refractivity contribution < 1.29 is 4.74 Å². The summed E-state index contributed by atoms with van der Waals surface area (Å²) in [5.74, 6) is 0. The molecule has 1 fully saturated rings. The van der Waals surface area contributed by atoms with Crippen LogP contribution in [0.15, 0.2) is 0 Å². The summed E-state index contributed by atoms with van der Waals surface area (Å²) in [6.45, 7) is 5.12. The molecule has 2 unspecified atom stereocenters. The van der Waals surface area contributed by atoms with Crippen LogP contribution in [0.5, 0.6) is 0 Å². The van der Waals surface area contributed by atoms with Crippen molar-refractivity contribution in [2.45, 2.75) is 70.9 Å². The van der Waals surface area contributed by atoms with E-state index in [0.717, 1.165) is 25.7 Å². The number of nitrogens with two attached hydrogens (primary N) is 1. The predicted molar refractivity (Wildman–Crippen MR) is 82.0 cm³/mol. The third kappa shape index (κ3) is 3.07. The first-order chi connectivity index (χ1) is 9.74. The zero-order valence-electron chi connectivity index (χ0n) is 13.2. The number of aromatic nitrogens is 2. The van der Waals surface area contributed by atoms with Crippen molar-refractivity contribution >= 4 is 0 Å². The molecule has 0 bridgehead atoms. The topological polar surface area (TPSA) is 53.1 Å². The second kappa shape index (κ2) is 7.23. The summed E-state index contributed by atoms with van der Waals surface area (Å²) in [6.07, 6.45) is 8.12. The third-order valence-electron chi connectivity index (χ3n) is 4.54. The van der Waals surface area contributed by atoms with E-state index in [1.165, 1.54) is 36.2 Å². The lowest BCUT2D eigenvalue weighted by Gasteiger charge is -2.29. The molecule has 20 heavy (non-hydrogen) atoms. The third-order valence-corrected chi connectivity index (χ3v) is 4.54. The Labute approximate surface area is 122 Å². The maximum Gasteiger partial charge on any atom is 0.0657 e. The number of ether oxygens (including phenoxy) is 1. The molecule has 1 aliphatic rings. The van der Waals surface area contributed by atoms with Crippen LogP contribution < -0.4 is 5.73 Å². The molecule has 1 saturated carbocycles. The van der Waals surface area contributed by atoms with Gasteiger partial charge in [0.1, 0.15) is 0 Å². The molecule has 0 aliphatic heterocycles. The second-order valence-corrected chi connectivity index (χ2v) is 5.74. The fourth-order valence-corrected chi connectivity index (χ4v) is 3.51. The summed E-state index contributed by atoms with van der Waals surface area (Å²) >= 11 is 0. The minimum absolute atomic E-state index is 0.394. The number of nitrogens with zero attached hydrogens (tertiary/aromatic N) is 2. The van der Waals surface area contributed by atoms with Crippen LogP contribution in [0.4, 0.5) is 0 Å². The van der Waals surface area contributed by atoms with Gasteiger partial charge in [-0.2, -0.15) is 5.10 Å². The Kier molecular flexibility index (Phi) is 5.61. The monoisotopic (exact) mass is 279 g/mol. The Morgan fingerprint density at radius 3 is 2.70 bits per heavy atom. The van der Waals surface area contributed by atoms with Crippen LogP contribution >= 0.6 is 0 Å². The van der Waals surface area contributed by atoms with Gasteiger partial charge in [-0.05, 0) is 57.1 Å². The molecule has 114 valence electrons. The number of aryl methyl sites for hydroxylation is 1. The Bertz CT molecular complexity index is 428. The first-order valence-electron chi connectivity index (χ1n) is 8.07. The van der Waals surface area contributed by atoms with Crippen molar-refractivity contribution in [2.75, 3.05) is 13.7 Å². The highest BCUT2D eigenvalue weighted by Crippen LogP contribution is 2.32. The first-order valence-corrected chi connectivity index (χ1v) is 8.07. The van der Waals surface area contributed by atoms with Gasteiger partial charge in [0.05, 0.1) is 17.8 Å². The van der Waals surface area contributed by atoms with Gasteiger partial charge < -0.3 is 10.5 Å². The summed E-state index contributed by atoms with van der Waals surface area (Å²) in [5.41, 5.74) is 9.82. The highest BCUT2D eigenvalue weighted by Gasteiger charge is 2.27. The predicted octanol–water partition coefficient (Wildman–Crippen LogP) is 2.64. The number of methoxy groups -OCH3 is 1. The Morgan fingerprint density at radius 1 is 1.30 bits per heavy atom. The maximum absolute atomic E-state index is 5.78. The van der Waals surface area contributed by atoms with E-state index in [2.05, 4.69) is 18.5 Å². The highest BCUT2D eigenvalue weighted by atomic mass is 16.5. The van der Waals surface area contributed by atoms with Gasteiger partial charge >= 0.3 is 0 Å². The van der Waals surface area contributed by atoms with E-state index >= 15 is 0 Å². The molecule has 0 spiro atoms. The summed E-state index contributed by atoms with van der Waals surface area (Å²) < 4.78 is 7.87. The van der Waals surface area contributed by atoms with E-state index in [1.54, 1.807) is 0 Å². The molecule has 1 aromatic heterocycles. The van der Waals surface area contributed by atoms with Crippen LogP contribution in [-0.2, 0) is 24.0 Å². The van der Waals surface area contributed by atoms with Crippen molar-refractivity contribution in [2.24, 2.45) is 5.73 Å². The normalized spacial score (nSPS) is 23.2. The van der Waals surface area contributed by atoms with Crippen LogP contribution in [0, 0.1) is 0 Å². The zero-order valence-corrected chi connectivity index (χ0v) is 13.2. The molecule has 2 rings (SSSR count). The average molecular weight is 279 g/mol. The van der Waals surface area contributed by atoms with Gasteiger partial charge in [-0.3, -0.25) is 4.68 Å². The van der Waals surface area contributed by atoms with E-state index < -0.39 is 0 Å². The fourth-order valence-electron chi connectivity index (χ4n) is 3.51. The van der Waals surface area contributed by atoms with E-state index in [1.807, 2.05) is 7.11 Å². The van der Waals surface area contributed by atoms with Crippen molar-refractivity contribution in [1.29, 1.82) is 0 Å². The molecule has 0 aromatic carbocycles. The molecule has 2 N–H and O–H groups in total. The minimum Gasteiger partial charge on any atom is -0.381 e. The maximum atomic E-state index is 5.78. The smallest absolute Gasteiger partial charge is 0.0657 e. The van der Waals surface area contributed by atoms with Gasteiger partial charge in [0.25, 0.3) is 0 Å². The van der Waals surface area contributed by atoms with Crippen LogP contribution in [0.3, 0.4) is 0 Å². The number of hydrogen-bond acceptors (Lipinski definition) is 3. The molecule has 4 nitrogen and oxygen atoms in total. The molecular weight excluding hydrogens is 250 g/mol. The van der Waals surface area contributed by atoms with Crippen molar-refractivity contribution in [3.05, 3.63) is 17.0 Å². The second-order valence-electron chi connectivity index (χ2n) is 5.74. The van der Waals surface area contributed by atoms with E-state index in [0.29, 0.717) is 18.7 Å². The number of hydrogen-bond donors (Lipinski definition) is 1. The minimum atomic E-state index is 0.394. The molecule has 4 heteroatoms. The summed E-state index contributed by atoms with van der Waals surface area (Å²) in [7, 11) is 1.83. The molecule has 1 aliphatic carbocycles. The quantitative estimate of drug-likeness (QED) is 0.871. The van der Waals surface area contributed by atoms with Gasteiger partial charge in [-0.1, -0.05) is 13.8 Å². The molecule has 0 saturated heterocycles. The lowest BCUT2D eigenvalue weighted by molar-refractivity contribution is 0.0502. The molecule has 0 radical (unpaired) electrons. The lowest BCUT2D eigenvalue weighted by atomic mass is 9.92. The molecule has 0 amide bonds. The average Bonchev–Trinajstić information content (AvgIpc) is 2.85. The Balaban J connectivity index is 2.30. The van der Waals surface area contributed by atoms with Crippen LogP contribution in [-0.4, -0.2) is 29.5 Å². The van der Waals surface area contributed by atoms with E-state index in [4.69, 9.17) is 15.6 Å².